The summed E-state index contributed by atoms with van der Waals surface area (Å²) in [5.41, 5.74) is 3.12. The molecule has 38 heavy (non-hydrogen) atoms. The molecule has 3 aromatic rings. The quantitative estimate of drug-likeness (QED) is 0.398. The second kappa shape index (κ2) is 12.6. The van der Waals surface area contributed by atoms with Crippen LogP contribution in [0.25, 0.3) is 0 Å². The highest BCUT2D eigenvalue weighted by atomic mass is 32.2. The first-order valence-electron chi connectivity index (χ1n) is 12.4. The standard InChI is InChI=1S/C29H35N3O5S/c1-6-30-29(34)23(4)31(19-24-11-7-21(2)8-12-24)28(33)20-32(25-13-15-26(37-5)16-14-25)38(35,36)27-17-9-22(3)10-18-27/h7-18,23H,6,19-20H2,1-5H3,(H,30,34)/t23-/m1/s1. The molecule has 0 spiro atoms. The predicted octanol–water partition coefficient (Wildman–Crippen LogP) is 4.06. The molecule has 1 N–H and O–H groups in total. The van der Waals surface area contributed by atoms with Gasteiger partial charge in [-0.15, -0.1) is 0 Å². The highest BCUT2D eigenvalue weighted by Gasteiger charge is 2.32. The van der Waals surface area contributed by atoms with Crippen molar-refractivity contribution in [3.05, 3.63) is 89.5 Å². The molecule has 2 amide bonds. The van der Waals surface area contributed by atoms with E-state index in [-0.39, 0.29) is 17.3 Å². The number of likely N-dealkylation sites (N-methyl/N-ethyl adjacent to an activating group) is 1. The van der Waals surface area contributed by atoms with Crippen LogP contribution in [0.3, 0.4) is 0 Å². The van der Waals surface area contributed by atoms with Crippen LogP contribution in [0.2, 0.25) is 0 Å². The minimum Gasteiger partial charge on any atom is -0.497 e. The van der Waals surface area contributed by atoms with Gasteiger partial charge in [-0.2, -0.15) is 0 Å². The molecule has 0 unspecified atom stereocenters. The summed E-state index contributed by atoms with van der Waals surface area (Å²) in [4.78, 5) is 28.1. The van der Waals surface area contributed by atoms with Gasteiger partial charge in [-0.25, -0.2) is 8.42 Å². The van der Waals surface area contributed by atoms with Crippen LogP contribution in [-0.2, 0) is 26.2 Å². The van der Waals surface area contributed by atoms with Gasteiger partial charge in [-0.1, -0.05) is 47.5 Å². The highest BCUT2D eigenvalue weighted by molar-refractivity contribution is 7.92. The van der Waals surface area contributed by atoms with Crippen LogP contribution in [0.4, 0.5) is 5.69 Å². The minimum absolute atomic E-state index is 0.0635. The number of aryl methyl sites for hydroxylation is 2. The summed E-state index contributed by atoms with van der Waals surface area (Å²) in [5, 5.41) is 2.76. The Labute approximate surface area is 225 Å². The monoisotopic (exact) mass is 537 g/mol. The van der Waals surface area contributed by atoms with Crippen molar-refractivity contribution >= 4 is 27.5 Å². The number of nitrogens with zero attached hydrogens (tertiary/aromatic N) is 2. The van der Waals surface area contributed by atoms with Gasteiger partial charge in [0, 0.05) is 13.1 Å². The van der Waals surface area contributed by atoms with Crippen molar-refractivity contribution in [1.82, 2.24) is 10.2 Å². The van der Waals surface area contributed by atoms with Crippen LogP contribution in [0, 0.1) is 13.8 Å². The molecule has 3 rings (SSSR count). The van der Waals surface area contributed by atoms with Gasteiger partial charge in [0.15, 0.2) is 0 Å². The Morgan fingerprint density at radius 1 is 0.895 bits per heavy atom. The van der Waals surface area contributed by atoms with Gasteiger partial charge in [-0.05, 0) is 69.7 Å². The average molecular weight is 538 g/mol. The maximum absolute atomic E-state index is 13.8. The van der Waals surface area contributed by atoms with Gasteiger partial charge in [0.2, 0.25) is 11.8 Å². The number of carbonyl (C=O) groups excluding carboxylic acids is 2. The molecule has 1 atom stereocenters. The molecule has 9 heteroatoms. The number of rotatable bonds is 11. The molecular weight excluding hydrogens is 502 g/mol. The molecule has 0 bridgehead atoms. The Balaban J connectivity index is 2.02. The van der Waals surface area contributed by atoms with Crippen LogP contribution in [0.5, 0.6) is 5.75 Å². The molecule has 0 radical (unpaired) electrons. The van der Waals surface area contributed by atoms with Gasteiger partial charge in [0.05, 0.1) is 17.7 Å². The van der Waals surface area contributed by atoms with Crippen molar-refractivity contribution in [2.45, 2.75) is 45.2 Å². The van der Waals surface area contributed by atoms with Gasteiger partial charge in [-0.3, -0.25) is 13.9 Å². The second-order valence-electron chi connectivity index (χ2n) is 9.10. The van der Waals surface area contributed by atoms with Gasteiger partial charge in [0.1, 0.15) is 18.3 Å². The summed E-state index contributed by atoms with van der Waals surface area (Å²) in [6, 6.07) is 19.8. The van der Waals surface area contributed by atoms with Crippen molar-refractivity contribution in [2.24, 2.45) is 0 Å². The zero-order valence-electron chi connectivity index (χ0n) is 22.5. The molecule has 0 saturated heterocycles. The third-order valence-corrected chi connectivity index (χ3v) is 8.03. The van der Waals surface area contributed by atoms with Gasteiger partial charge >= 0.3 is 0 Å². The normalized spacial score (nSPS) is 11.9. The number of hydrogen-bond acceptors (Lipinski definition) is 5. The van der Waals surface area contributed by atoms with E-state index in [0.29, 0.717) is 18.0 Å². The lowest BCUT2D eigenvalue weighted by Gasteiger charge is -2.32. The number of anilines is 1. The Morgan fingerprint density at radius 3 is 1.97 bits per heavy atom. The summed E-state index contributed by atoms with van der Waals surface area (Å²) in [5.74, 6) is -0.264. The Kier molecular flexibility index (Phi) is 9.52. The average Bonchev–Trinajstić information content (AvgIpc) is 2.91. The van der Waals surface area contributed by atoms with Gasteiger partial charge in [0.25, 0.3) is 10.0 Å². The lowest BCUT2D eigenvalue weighted by molar-refractivity contribution is -0.139. The van der Waals surface area contributed by atoms with E-state index in [4.69, 9.17) is 4.74 Å². The Hall–Kier alpha value is -3.85. The minimum atomic E-state index is -4.11. The molecule has 0 aromatic heterocycles. The van der Waals surface area contributed by atoms with Crippen LogP contribution in [0.1, 0.15) is 30.5 Å². The molecule has 202 valence electrons. The van der Waals surface area contributed by atoms with Crippen LogP contribution >= 0.6 is 0 Å². The van der Waals surface area contributed by atoms with Crippen molar-refractivity contribution in [3.8, 4) is 5.75 Å². The number of hydrogen-bond donors (Lipinski definition) is 1. The van der Waals surface area contributed by atoms with Crippen LogP contribution in [-0.4, -0.2) is 51.4 Å². The molecule has 3 aromatic carbocycles. The zero-order chi connectivity index (χ0) is 27.9. The van der Waals surface area contributed by atoms with Crippen LogP contribution < -0.4 is 14.4 Å². The topological polar surface area (TPSA) is 96.0 Å². The Bertz CT molecular complexity index is 1340. The van der Waals surface area contributed by atoms with Crippen molar-refractivity contribution < 1.29 is 22.7 Å². The molecule has 0 heterocycles. The largest absolute Gasteiger partial charge is 0.497 e. The van der Waals surface area contributed by atoms with E-state index in [0.717, 1.165) is 21.0 Å². The van der Waals surface area contributed by atoms with E-state index in [1.165, 1.54) is 24.1 Å². The first-order chi connectivity index (χ1) is 18.1. The highest BCUT2D eigenvalue weighted by Crippen LogP contribution is 2.27. The molecule has 0 saturated carbocycles. The number of benzene rings is 3. The molecule has 0 aliphatic rings. The van der Waals surface area contributed by atoms with E-state index < -0.39 is 28.5 Å². The Morgan fingerprint density at radius 2 is 1.45 bits per heavy atom. The number of amides is 2. The molecular formula is C29H35N3O5S. The third kappa shape index (κ3) is 6.92. The second-order valence-corrected chi connectivity index (χ2v) is 11.0. The van der Waals surface area contributed by atoms with E-state index in [1.54, 1.807) is 50.2 Å². The summed E-state index contributed by atoms with van der Waals surface area (Å²) in [7, 11) is -2.59. The van der Waals surface area contributed by atoms with Crippen LogP contribution in [0.15, 0.2) is 77.7 Å². The molecule has 0 aliphatic carbocycles. The number of methoxy groups -OCH3 is 1. The zero-order valence-corrected chi connectivity index (χ0v) is 23.3. The SMILES string of the molecule is CCNC(=O)[C@@H](C)N(Cc1ccc(C)cc1)C(=O)CN(c1ccc(OC)cc1)S(=O)(=O)c1ccc(C)cc1. The van der Waals surface area contributed by atoms with E-state index in [2.05, 4.69) is 5.32 Å². The molecule has 0 aliphatic heterocycles. The maximum atomic E-state index is 13.8. The van der Waals surface area contributed by atoms with E-state index in [9.17, 15) is 18.0 Å². The van der Waals surface area contributed by atoms with Crippen molar-refractivity contribution in [1.29, 1.82) is 0 Å². The fourth-order valence-electron chi connectivity index (χ4n) is 3.91. The lowest BCUT2D eigenvalue weighted by Crippen LogP contribution is -2.51. The van der Waals surface area contributed by atoms with E-state index in [1.807, 2.05) is 38.1 Å². The van der Waals surface area contributed by atoms with Crippen molar-refractivity contribution in [2.75, 3.05) is 24.5 Å². The number of carbonyl (C=O) groups is 2. The predicted molar refractivity (Wildman–Crippen MR) is 149 cm³/mol. The molecule has 0 fully saturated rings. The fraction of sp³-hybridized carbons (Fsp3) is 0.310. The fourth-order valence-corrected chi connectivity index (χ4v) is 5.32. The first-order valence-corrected chi connectivity index (χ1v) is 13.9. The van der Waals surface area contributed by atoms with Gasteiger partial charge < -0.3 is 15.0 Å². The van der Waals surface area contributed by atoms with Crippen molar-refractivity contribution in [3.63, 3.8) is 0 Å². The first kappa shape index (κ1) is 28.7. The smallest absolute Gasteiger partial charge is 0.264 e. The number of ether oxygens (including phenoxy) is 1. The third-order valence-electron chi connectivity index (χ3n) is 6.24. The number of sulfonamides is 1. The lowest BCUT2D eigenvalue weighted by atomic mass is 10.1. The summed E-state index contributed by atoms with van der Waals surface area (Å²) in [6.45, 7) is 7.35. The summed E-state index contributed by atoms with van der Waals surface area (Å²) >= 11 is 0. The maximum Gasteiger partial charge on any atom is 0.264 e. The summed E-state index contributed by atoms with van der Waals surface area (Å²) < 4.78 is 33.9. The molecule has 8 nitrogen and oxygen atoms in total. The number of nitrogens with one attached hydrogen (secondary N) is 1. The van der Waals surface area contributed by atoms with E-state index >= 15 is 0 Å². The summed E-state index contributed by atoms with van der Waals surface area (Å²) in [6.07, 6.45) is 0.